The van der Waals surface area contributed by atoms with E-state index in [-0.39, 0.29) is 6.03 Å². The average molecular weight is 263 g/mol. The third kappa shape index (κ3) is 2.58. The van der Waals surface area contributed by atoms with Crippen LogP contribution in [0, 0.1) is 0 Å². The molecule has 1 aliphatic carbocycles. The fraction of sp³-hybridized carbons (Fsp3) is 0.692. The van der Waals surface area contributed by atoms with Crippen LogP contribution in [0.1, 0.15) is 43.8 Å². The predicted octanol–water partition coefficient (Wildman–Crippen LogP) is 1.50. The zero-order valence-electron chi connectivity index (χ0n) is 11.2. The monoisotopic (exact) mass is 263 g/mol. The molecule has 0 aromatic carbocycles. The maximum atomic E-state index is 11.9. The van der Waals surface area contributed by atoms with E-state index in [1.807, 2.05) is 12.3 Å². The highest BCUT2D eigenvalue weighted by molar-refractivity contribution is 5.74. The van der Waals surface area contributed by atoms with Gasteiger partial charge in [0.2, 0.25) is 0 Å². The third-order valence-electron chi connectivity index (χ3n) is 4.06. The summed E-state index contributed by atoms with van der Waals surface area (Å²) in [6.07, 6.45) is 8.01. The van der Waals surface area contributed by atoms with Gasteiger partial charge in [-0.25, -0.2) is 10.6 Å². The lowest BCUT2D eigenvalue weighted by Crippen LogP contribution is -2.52. The minimum absolute atomic E-state index is 0.0957. The van der Waals surface area contributed by atoms with Gasteiger partial charge in [-0.1, -0.05) is 12.8 Å². The van der Waals surface area contributed by atoms with Crippen LogP contribution in [-0.4, -0.2) is 38.8 Å². The van der Waals surface area contributed by atoms with E-state index in [9.17, 15) is 4.79 Å². The van der Waals surface area contributed by atoms with Gasteiger partial charge in [0.1, 0.15) is 0 Å². The Morgan fingerprint density at radius 1 is 1.26 bits per heavy atom. The van der Waals surface area contributed by atoms with Crippen molar-refractivity contribution < 1.29 is 4.79 Å². The lowest BCUT2D eigenvalue weighted by atomic mass is 10.3. The largest absolute Gasteiger partial charge is 0.334 e. The molecule has 0 spiro atoms. The Kier molecular flexibility index (Phi) is 3.42. The Morgan fingerprint density at radius 2 is 2.05 bits per heavy atom. The Labute approximate surface area is 113 Å². The highest BCUT2D eigenvalue weighted by Crippen LogP contribution is 2.28. The first-order chi connectivity index (χ1) is 9.24. The van der Waals surface area contributed by atoms with Crippen LogP contribution in [0.4, 0.5) is 4.79 Å². The second-order valence-electron chi connectivity index (χ2n) is 5.48. The van der Waals surface area contributed by atoms with Crippen molar-refractivity contribution in [3.63, 3.8) is 0 Å². The molecule has 104 valence electrons. The summed E-state index contributed by atoms with van der Waals surface area (Å²) in [5, 5.41) is 5.90. The summed E-state index contributed by atoms with van der Waals surface area (Å²) in [7, 11) is 0. The molecule has 2 amide bonds. The lowest BCUT2D eigenvalue weighted by Gasteiger charge is -2.32. The molecule has 6 heteroatoms. The maximum Gasteiger partial charge on any atom is 0.334 e. The SMILES string of the molecule is NN1CCCN(Cc2ccn(C3CCCC3)n2)C1=O. The summed E-state index contributed by atoms with van der Waals surface area (Å²) in [4.78, 5) is 13.7. The second kappa shape index (κ2) is 5.21. The molecule has 0 unspecified atom stereocenters. The van der Waals surface area contributed by atoms with Crippen LogP contribution in [0.5, 0.6) is 0 Å². The number of rotatable bonds is 3. The van der Waals surface area contributed by atoms with E-state index in [4.69, 9.17) is 5.84 Å². The molecule has 1 aliphatic heterocycles. The standard InChI is InChI=1S/C13H21N5O/c14-17-8-3-7-16(13(17)19)10-11-6-9-18(15-11)12-4-1-2-5-12/h6,9,12H,1-5,7-8,10,14H2. The minimum Gasteiger partial charge on any atom is -0.318 e. The van der Waals surface area contributed by atoms with Gasteiger partial charge in [-0.3, -0.25) is 9.69 Å². The van der Waals surface area contributed by atoms with E-state index in [1.165, 1.54) is 30.7 Å². The van der Waals surface area contributed by atoms with Gasteiger partial charge in [0.05, 0.1) is 18.3 Å². The molecule has 6 nitrogen and oxygen atoms in total. The molecule has 1 saturated carbocycles. The predicted molar refractivity (Wildman–Crippen MR) is 71.0 cm³/mol. The molecule has 1 saturated heterocycles. The number of urea groups is 1. The first kappa shape index (κ1) is 12.5. The molecule has 19 heavy (non-hydrogen) atoms. The summed E-state index contributed by atoms with van der Waals surface area (Å²) in [5.41, 5.74) is 0.954. The molecular formula is C13H21N5O. The fourth-order valence-electron chi connectivity index (χ4n) is 2.98. The zero-order chi connectivity index (χ0) is 13.2. The molecular weight excluding hydrogens is 242 g/mol. The summed E-state index contributed by atoms with van der Waals surface area (Å²) in [6.45, 7) is 1.97. The highest BCUT2D eigenvalue weighted by atomic mass is 16.2. The van der Waals surface area contributed by atoms with E-state index >= 15 is 0 Å². The molecule has 2 N–H and O–H groups in total. The number of nitrogens with zero attached hydrogens (tertiary/aromatic N) is 4. The first-order valence-corrected chi connectivity index (χ1v) is 7.09. The molecule has 0 radical (unpaired) electrons. The van der Waals surface area contributed by atoms with Gasteiger partial charge in [0, 0.05) is 19.3 Å². The first-order valence-electron chi connectivity index (χ1n) is 7.09. The van der Waals surface area contributed by atoms with Crippen LogP contribution < -0.4 is 5.84 Å². The average Bonchev–Trinajstić information content (AvgIpc) is 3.05. The molecule has 1 aromatic rings. The zero-order valence-corrected chi connectivity index (χ0v) is 11.2. The van der Waals surface area contributed by atoms with Crippen LogP contribution in [0.3, 0.4) is 0 Å². The van der Waals surface area contributed by atoms with E-state index in [1.54, 1.807) is 4.90 Å². The quantitative estimate of drug-likeness (QED) is 0.664. The molecule has 0 bridgehead atoms. The summed E-state index contributed by atoms with van der Waals surface area (Å²) in [6, 6.07) is 2.47. The number of hydrogen-bond acceptors (Lipinski definition) is 3. The van der Waals surface area contributed by atoms with Crippen molar-refractivity contribution in [1.29, 1.82) is 0 Å². The second-order valence-corrected chi connectivity index (χ2v) is 5.48. The summed E-state index contributed by atoms with van der Waals surface area (Å²) in [5.74, 6) is 5.64. The molecule has 2 aliphatic rings. The van der Waals surface area contributed by atoms with Crippen molar-refractivity contribution in [3.05, 3.63) is 18.0 Å². The molecule has 1 aromatic heterocycles. The van der Waals surface area contributed by atoms with Crippen molar-refractivity contribution in [2.45, 2.75) is 44.7 Å². The molecule has 0 atom stereocenters. The summed E-state index contributed by atoms with van der Waals surface area (Å²) < 4.78 is 2.07. The highest BCUT2D eigenvalue weighted by Gasteiger charge is 2.24. The topological polar surface area (TPSA) is 67.4 Å². The van der Waals surface area contributed by atoms with Gasteiger partial charge in [-0.2, -0.15) is 5.10 Å². The fourth-order valence-corrected chi connectivity index (χ4v) is 2.98. The van der Waals surface area contributed by atoms with Crippen LogP contribution >= 0.6 is 0 Å². The Balaban J connectivity index is 1.64. The van der Waals surface area contributed by atoms with Crippen molar-refractivity contribution in [2.24, 2.45) is 5.84 Å². The molecule has 3 rings (SSSR count). The number of carbonyl (C=O) groups excluding carboxylic acids is 1. The number of amides is 2. The van der Waals surface area contributed by atoms with Crippen molar-refractivity contribution in [1.82, 2.24) is 19.7 Å². The van der Waals surface area contributed by atoms with E-state index < -0.39 is 0 Å². The summed E-state index contributed by atoms with van der Waals surface area (Å²) >= 11 is 0. The number of hydrazine groups is 1. The number of aromatic nitrogens is 2. The molecule has 2 heterocycles. The van der Waals surface area contributed by atoms with Crippen LogP contribution in [0.15, 0.2) is 12.3 Å². The van der Waals surface area contributed by atoms with Gasteiger partial charge >= 0.3 is 6.03 Å². The van der Waals surface area contributed by atoms with Crippen molar-refractivity contribution in [3.8, 4) is 0 Å². The van der Waals surface area contributed by atoms with Crippen molar-refractivity contribution in [2.75, 3.05) is 13.1 Å². The lowest BCUT2D eigenvalue weighted by molar-refractivity contribution is 0.126. The van der Waals surface area contributed by atoms with Gasteiger partial charge in [0.15, 0.2) is 0 Å². The number of nitrogens with two attached hydrogens (primary N) is 1. The smallest absolute Gasteiger partial charge is 0.318 e. The van der Waals surface area contributed by atoms with Crippen LogP contribution in [0.2, 0.25) is 0 Å². The van der Waals surface area contributed by atoms with E-state index in [0.29, 0.717) is 19.1 Å². The number of carbonyl (C=O) groups is 1. The van der Waals surface area contributed by atoms with Gasteiger partial charge in [-0.05, 0) is 25.3 Å². The van der Waals surface area contributed by atoms with Gasteiger partial charge in [-0.15, -0.1) is 0 Å². The van der Waals surface area contributed by atoms with Crippen molar-refractivity contribution >= 4 is 6.03 Å². The van der Waals surface area contributed by atoms with E-state index in [2.05, 4.69) is 9.78 Å². The minimum atomic E-state index is -0.0957. The Hall–Kier alpha value is -1.56. The van der Waals surface area contributed by atoms with E-state index in [0.717, 1.165) is 18.7 Å². The van der Waals surface area contributed by atoms with Gasteiger partial charge < -0.3 is 4.90 Å². The van der Waals surface area contributed by atoms with Crippen LogP contribution in [0.25, 0.3) is 0 Å². The Morgan fingerprint density at radius 3 is 2.84 bits per heavy atom. The maximum absolute atomic E-state index is 11.9. The Bertz CT molecular complexity index is 452. The normalized spacial score (nSPS) is 21.4. The number of hydrogen-bond donors (Lipinski definition) is 1. The van der Waals surface area contributed by atoms with Gasteiger partial charge in [0.25, 0.3) is 0 Å². The third-order valence-corrected chi connectivity index (χ3v) is 4.06. The molecule has 2 fully saturated rings. The van der Waals surface area contributed by atoms with Crippen LogP contribution in [-0.2, 0) is 6.54 Å².